The standard InChI is InChI=1S/C16H27N5O4S.ClH/c1-12-10-17-4-5-20(12)11-15(22)19-6-8-21(9-7-19)26(23,24)16-13(2)18-25-14(16)3;/h12,17H,4-11H2,1-3H3;1H/t12-;/m1./s1. The number of nitrogens with zero attached hydrogens (tertiary/aromatic N) is 4. The van der Waals surface area contributed by atoms with Crippen LogP contribution in [0, 0.1) is 13.8 Å². The lowest BCUT2D eigenvalue weighted by molar-refractivity contribution is -0.134. The minimum Gasteiger partial charge on any atom is -0.360 e. The minimum absolute atomic E-state index is 0. The van der Waals surface area contributed by atoms with E-state index in [1.807, 2.05) is 0 Å². The monoisotopic (exact) mass is 421 g/mol. The van der Waals surface area contributed by atoms with Crippen LogP contribution in [-0.4, -0.2) is 92.0 Å². The van der Waals surface area contributed by atoms with E-state index in [-0.39, 0.29) is 36.3 Å². The van der Waals surface area contributed by atoms with Gasteiger partial charge in [-0.15, -0.1) is 12.4 Å². The van der Waals surface area contributed by atoms with Crippen molar-refractivity contribution >= 4 is 28.3 Å². The summed E-state index contributed by atoms with van der Waals surface area (Å²) in [5, 5.41) is 7.05. The minimum atomic E-state index is -3.64. The van der Waals surface area contributed by atoms with Gasteiger partial charge in [-0.3, -0.25) is 9.69 Å². The molecule has 0 aromatic carbocycles. The summed E-state index contributed by atoms with van der Waals surface area (Å²) < 4.78 is 32.1. The number of sulfonamides is 1. The van der Waals surface area contributed by atoms with Crippen molar-refractivity contribution in [3.63, 3.8) is 0 Å². The number of amides is 1. The topological polar surface area (TPSA) is 99.0 Å². The highest BCUT2D eigenvalue weighted by Gasteiger charge is 2.34. The summed E-state index contributed by atoms with van der Waals surface area (Å²) in [6, 6.07) is 0.328. The largest absolute Gasteiger partial charge is 0.360 e. The van der Waals surface area contributed by atoms with Gasteiger partial charge in [0.2, 0.25) is 15.9 Å². The maximum absolute atomic E-state index is 12.8. The van der Waals surface area contributed by atoms with Crippen LogP contribution >= 0.6 is 12.4 Å². The third kappa shape index (κ3) is 4.62. The Hall–Kier alpha value is -1.20. The molecule has 1 aromatic heterocycles. The van der Waals surface area contributed by atoms with Gasteiger partial charge < -0.3 is 14.7 Å². The molecular formula is C16H28ClN5O4S. The highest BCUT2D eigenvalue weighted by atomic mass is 35.5. The van der Waals surface area contributed by atoms with Crippen LogP contribution in [-0.2, 0) is 14.8 Å². The van der Waals surface area contributed by atoms with E-state index in [4.69, 9.17) is 4.52 Å². The molecule has 2 aliphatic heterocycles. The van der Waals surface area contributed by atoms with Gasteiger partial charge in [0.05, 0.1) is 6.54 Å². The van der Waals surface area contributed by atoms with E-state index in [0.29, 0.717) is 37.1 Å². The number of halogens is 1. The molecule has 0 bridgehead atoms. The van der Waals surface area contributed by atoms with Crippen molar-refractivity contribution in [3.8, 4) is 0 Å². The van der Waals surface area contributed by atoms with Crippen LogP contribution in [0.2, 0.25) is 0 Å². The van der Waals surface area contributed by atoms with Crippen molar-refractivity contribution in [2.75, 3.05) is 52.4 Å². The predicted molar refractivity (Wildman–Crippen MR) is 102 cm³/mol. The summed E-state index contributed by atoms with van der Waals surface area (Å²) in [5.74, 6) is 0.363. The molecule has 3 rings (SSSR count). The fraction of sp³-hybridized carbons (Fsp3) is 0.750. The van der Waals surface area contributed by atoms with Gasteiger partial charge in [0.15, 0.2) is 5.76 Å². The molecule has 3 heterocycles. The molecule has 1 amide bonds. The molecule has 1 N–H and O–H groups in total. The number of carbonyl (C=O) groups is 1. The number of aromatic nitrogens is 1. The van der Waals surface area contributed by atoms with Crippen LogP contribution in [0.3, 0.4) is 0 Å². The Bertz CT molecular complexity index is 741. The van der Waals surface area contributed by atoms with Gasteiger partial charge in [0.25, 0.3) is 0 Å². The molecule has 2 fully saturated rings. The zero-order valence-corrected chi connectivity index (χ0v) is 17.6. The Morgan fingerprint density at radius 2 is 1.89 bits per heavy atom. The second kappa shape index (κ2) is 8.87. The van der Waals surface area contributed by atoms with Crippen molar-refractivity contribution in [1.82, 2.24) is 24.6 Å². The second-order valence-electron chi connectivity index (χ2n) is 6.96. The molecule has 27 heavy (non-hydrogen) atoms. The number of hydrogen-bond donors (Lipinski definition) is 1. The molecule has 0 radical (unpaired) electrons. The number of carbonyl (C=O) groups excluding carboxylic acids is 1. The van der Waals surface area contributed by atoms with Crippen molar-refractivity contribution in [1.29, 1.82) is 0 Å². The van der Waals surface area contributed by atoms with E-state index < -0.39 is 10.0 Å². The Labute approximate surface area is 166 Å². The first-order valence-corrected chi connectivity index (χ1v) is 10.4. The van der Waals surface area contributed by atoms with Crippen LogP contribution in [0.25, 0.3) is 0 Å². The van der Waals surface area contributed by atoms with Crippen LogP contribution in [0.5, 0.6) is 0 Å². The molecule has 9 nitrogen and oxygen atoms in total. The molecule has 2 saturated heterocycles. The molecule has 1 atom stereocenters. The third-order valence-electron chi connectivity index (χ3n) is 5.13. The number of aryl methyl sites for hydroxylation is 2. The van der Waals surface area contributed by atoms with Gasteiger partial charge in [0.1, 0.15) is 10.6 Å². The van der Waals surface area contributed by atoms with E-state index in [2.05, 4.69) is 22.3 Å². The van der Waals surface area contributed by atoms with Gasteiger partial charge >= 0.3 is 0 Å². The smallest absolute Gasteiger partial charge is 0.248 e. The Morgan fingerprint density at radius 1 is 1.22 bits per heavy atom. The van der Waals surface area contributed by atoms with E-state index >= 15 is 0 Å². The summed E-state index contributed by atoms with van der Waals surface area (Å²) >= 11 is 0. The van der Waals surface area contributed by atoms with E-state index in [9.17, 15) is 13.2 Å². The first-order valence-electron chi connectivity index (χ1n) is 8.96. The lowest BCUT2D eigenvalue weighted by Gasteiger charge is -2.37. The fourth-order valence-electron chi connectivity index (χ4n) is 3.54. The average Bonchev–Trinajstić information content (AvgIpc) is 2.96. The molecule has 154 valence electrons. The summed E-state index contributed by atoms with van der Waals surface area (Å²) in [6.45, 7) is 9.73. The summed E-state index contributed by atoms with van der Waals surface area (Å²) in [7, 11) is -3.64. The SMILES string of the molecule is Cc1noc(C)c1S(=O)(=O)N1CCN(C(=O)CN2CCNC[C@H]2C)CC1.Cl. The van der Waals surface area contributed by atoms with E-state index in [1.54, 1.807) is 18.7 Å². The van der Waals surface area contributed by atoms with Crippen molar-refractivity contribution in [3.05, 3.63) is 11.5 Å². The molecule has 0 spiro atoms. The molecule has 2 aliphatic rings. The van der Waals surface area contributed by atoms with Gasteiger partial charge in [0, 0.05) is 51.9 Å². The molecule has 11 heteroatoms. The maximum Gasteiger partial charge on any atom is 0.248 e. The van der Waals surface area contributed by atoms with E-state index in [1.165, 1.54) is 4.31 Å². The van der Waals surface area contributed by atoms with Crippen molar-refractivity contribution in [2.24, 2.45) is 0 Å². The van der Waals surface area contributed by atoms with Crippen molar-refractivity contribution < 1.29 is 17.7 Å². The van der Waals surface area contributed by atoms with Crippen molar-refractivity contribution in [2.45, 2.75) is 31.7 Å². The molecular weight excluding hydrogens is 394 g/mol. The van der Waals surface area contributed by atoms with Gasteiger partial charge in [-0.05, 0) is 20.8 Å². The quantitative estimate of drug-likeness (QED) is 0.721. The van der Waals surface area contributed by atoms with Crippen LogP contribution in [0.4, 0.5) is 0 Å². The molecule has 0 unspecified atom stereocenters. The highest BCUT2D eigenvalue weighted by molar-refractivity contribution is 7.89. The number of hydrogen-bond acceptors (Lipinski definition) is 7. The summed E-state index contributed by atoms with van der Waals surface area (Å²) in [6.07, 6.45) is 0. The number of piperazine rings is 2. The number of rotatable bonds is 4. The van der Waals surface area contributed by atoms with E-state index in [0.717, 1.165) is 19.6 Å². The molecule has 0 saturated carbocycles. The predicted octanol–water partition coefficient (Wildman–Crippen LogP) is -0.160. The first-order chi connectivity index (χ1) is 12.3. The molecule has 0 aliphatic carbocycles. The average molecular weight is 422 g/mol. The van der Waals surface area contributed by atoms with Gasteiger partial charge in [-0.25, -0.2) is 8.42 Å². The van der Waals surface area contributed by atoms with Gasteiger partial charge in [-0.2, -0.15) is 4.31 Å². The van der Waals surface area contributed by atoms with Crippen LogP contribution in [0.1, 0.15) is 18.4 Å². The number of nitrogens with one attached hydrogen (secondary N) is 1. The van der Waals surface area contributed by atoms with Crippen LogP contribution < -0.4 is 5.32 Å². The van der Waals surface area contributed by atoms with Crippen LogP contribution in [0.15, 0.2) is 9.42 Å². The summed E-state index contributed by atoms with van der Waals surface area (Å²) in [4.78, 5) is 16.7. The third-order valence-corrected chi connectivity index (χ3v) is 7.28. The lowest BCUT2D eigenvalue weighted by Crippen LogP contribution is -2.56. The zero-order chi connectivity index (χ0) is 18.9. The Kier molecular flexibility index (Phi) is 7.26. The summed E-state index contributed by atoms with van der Waals surface area (Å²) in [5.41, 5.74) is 0.369. The Morgan fingerprint density at radius 3 is 2.44 bits per heavy atom. The Balaban J connectivity index is 0.00000261. The second-order valence-corrected chi connectivity index (χ2v) is 8.84. The first kappa shape index (κ1) is 22.1. The van der Waals surface area contributed by atoms with Gasteiger partial charge in [-0.1, -0.05) is 5.16 Å². The molecule has 1 aromatic rings. The zero-order valence-electron chi connectivity index (χ0n) is 16.0. The maximum atomic E-state index is 12.8. The fourth-order valence-corrected chi connectivity index (χ4v) is 5.25. The lowest BCUT2D eigenvalue weighted by atomic mass is 10.2. The highest BCUT2D eigenvalue weighted by Crippen LogP contribution is 2.24. The normalized spacial score (nSPS) is 22.5.